The third-order valence-corrected chi connectivity index (χ3v) is 7.17. The van der Waals surface area contributed by atoms with Crippen molar-refractivity contribution >= 4 is 39.1 Å². The van der Waals surface area contributed by atoms with E-state index in [9.17, 15) is 45.6 Å². The predicted molar refractivity (Wildman–Crippen MR) is 139 cm³/mol. The van der Waals surface area contributed by atoms with Crippen molar-refractivity contribution in [1.29, 1.82) is 5.26 Å². The van der Waals surface area contributed by atoms with Gasteiger partial charge in [0.05, 0.1) is 22.5 Å². The van der Waals surface area contributed by atoms with Crippen molar-refractivity contribution < 1.29 is 44.7 Å². The van der Waals surface area contributed by atoms with Crippen molar-refractivity contribution in [3.8, 4) is 6.07 Å². The van der Waals surface area contributed by atoms with Gasteiger partial charge in [-0.15, -0.1) is 0 Å². The van der Waals surface area contributed by atoms with E-state index in [4.69, 9.17) is 0 Å². The van der Waals surface area contributed by atoms with E-state index in [1.54, 1.807) is 18.2 Å². The van der Waals surface area contributed by atoms with E-state index in [0.29, 0.717) is 0 Å². The smallest absolute Gasteiger partial charge is 0.320 e. The van der Waals surface area contributed by atoms with Crippen LogP contribution in [0.3, 0.4) is 0 Å². The fourth-order valence-electron chi connectivity index (χ4n) is 4.18. The molecule has 0 spiro atoms. The van der Waals surface area contributed by atoms with Crippen LogP contribution in [-0.4, -0.2) is 30.7 Å². The number of hydrogen-bond acceptors (Lipinski definition) is 3. The van der Waals surface area contributed by atoms with E-state index in [2.05, 4.69) is 21.2 Å². The fraction of sp³-hybridized carbons (Fsp3) is 0.250. The van der Waals surface area contributed by atoms with Crippen LogP contribution in [0.15, 0.2) is 65.1 Å². The molecule has 0 unspecified atom stereocenters. The quantitative estimate of drug-likeness (QED) is 0.261. The van der Waals surface area contributed by atoms with Crippen LogP contribution in [0.5, 0.6) is 0 Å². The lowest BCUT2D eigenvalue weighted by Gasteiger charge is -2.30. The zero-order valence-electron chi connectivity index (χ0n) is 21.1. The molecule has 0 atom stereocenters. The predicted octanol–water partition coefficient (Wildman–Crippen LogP) is 8.06. The topological polar surface area (TPSA) is 73.2 Å². The van der Waals surface area contributed by atoms with Crippen LogP contribution in [0.25, 0.3) is 0 Å². The highest BCUT2D eigenvalue weighted by Gasteiger charge is 2.73. The van der Waals surface area contributed by atoms with Gasteiger partial charge in [-0.25, -0.2) is 8.78 Å². The maximum atomic E-state index is 15.8. The number of amides is 2. The van der Waals surface area contributed by atoms with Gasteiger partial charge in [0.15, 0.2) is 5.82 Å². The molecule has 0 aromatic heterocycles. The van der Waals surface area contributed by atoms with E-state index in [0.717, 1.165) is 18.9 Å². The van der Waals surface area contributed by atoms with Crippen LogP contribution in [0.4, 0.5) is 46.5 Å². The lowest BCUT2D eigenvalue weighted by molar-refractivity contribution is -0.348. The molecule has 1 saturated carbocycles. The molecule has 0 radical (unpaired) electrons. The Balaban J connectivity index is 1.71. The van der Waals surface area contributed by atoms with Gasteiger partial charge in [-0.1, -0.05) is 24.3 Å². The molecule has 3 aromatic carbocycles. The fourth-order valence-corrected chi connectivity index (χ4v) is 4.74. The molecule has 14 heteroatoms. The van der Waals surface area contributed by atoms with E-state index in [-0.39, 0.29) is 35.8 Å². The molecule has 220 valence electrons. The maximum Gasteiger partial charge on any atom is 0.435 e. The van der Waals surface area contributed by atoms with Crippen LogP contribution in [0.2, 0.25) is 0 Å². The van der Waals surface area contributed by atoms with Gasteiger partial charge in [0.25, 0.3) is 11.8 Å². The second-order valence-electron chi connectivity index (χ2n) is 9.46. The summed E-state index contributed by atoms with van der Waals surface area (Å²) >= 11 is 2.69. The monoisotopic (exact) mass is 659 g/mol. The molecule has 42 heavy (non-hydrogen) atoms. The van der Waals surface area contributed by atoms with Crippen LogP contribution < -0.4 is 10.2 Å². The third-order valence-electron chi connectivity index (χ3n) is 6.55. The summed E-state index contributed by atoms with van der Waals surface area (Å²) in [5.74, 6) is -2.80. The Morgan fingerprint density at radius 2 is 1.57 bits per heavy atom. The lowest BCUT2D eigenvalue weighted by Crippen LogP contribution is -2.50. The number of nitrogens with zero attached hydrogens (tertiary/aromatic N) is 2. The third kappa shape index (κ3) is 5.83. The van der Waals surface area contributed by atoms with Crippen molar-refractivity contribution in [3.63, 3.8) is 0 Å². The Kier molecular flexibility index (Phi) is 8.37. The molecule has 1 aliphatic carbocycles. The number of hydrogen-bond donors (Lipinski definition) is 1. The number of carbonyl (C=O) groups is 2. The van der Waals surface area contributed by atoms with Gasteiger partial charge in [0.2, 0.25) is 0 Å². The highest BCUT2D eigenvalue weighted by atomic mass is 79.9. The van der Waals surface area contributed by atoms with Crippen LogP contribution >= 0.6 is 15.9 Å². The minimum absolute atomic E-state index is 0.00400. The molecular formula is C28H18BrF8N3O2. The maximum absolute atomic E-state index is 15.8. The minimum Gasteiger partial charge on any atom is -0.320 e. The zero-order chi connectivity index (χ0) is 31.0. The molecule has 0 saturated heterocycles. The molecular weight excluding hydrogens is 642 g/mol. The molecule has 1 fully saturated rings. The molecule has 1 N–H and O–H groups in total. The summed E-state index contributed by atoms with van der Waals surface area (Å²) in [6.45, 7) is 0.157. The average molecular weight is 660 g/mol. The number of carbonyl (C=O) groups excluding carboxylic acids is 2. The largest absolute Gasteiger partial charge is 0.435 e. The normalized spacial score (nSPS) is 13.8. The molecule has 5 nitrogen and oxygen atoms in total. The van der Waals surface area contributed by atoms with E-state index < -0.39 is 62.5 Å². The number of nitriles is 1. The molecule has 4 rings (SSSR count). The van der Waals surface area contributed by atoms with Gasteiger partial charge in [-0.05, 0) is 71.1 Å². The van der Waals surface area contributed by atoms with Gasteiger partial charge in [-0.3, -0.25) is 9.59 Å². The Labute approximate surface area is 241 Å². The second-order valence-corrected chi connectivity index (χ2v) is 10.3. The number of anilines is 2. The summed E-state index contributed by atoms with van der Waals surface area (Å²) in [6, 6.07) is 13.0. The van der Waals surface area contributed by atoms with E-state index >= 15 is 4.39 Å². The first-order valence-corrected chi connectivity index (χ1v) is 12.9. The summed E-state index contributed by atoms with van der Waals surface area (Å²) in [5.41, 5.74) is -9.99. The van der Waals surface area contributed by atoms with Crippen LogP contribution in [0, 0.1) is 23.1 Å². The van der Waals surface area contributed by atoms with Gasteiger partial charge in [0.1, 0.15) is 6.07 Å². The van der Waals surface area contributed by atoms with Crippen molar-refractivity contribution in [3.05, 3.63) is 93.2 Å². The summed E-state index contributed by atoms with van der Waals surface area (Å²) in [5, 5.41) is 11.5. The second kappa shape index (κ2) is 11.4. The molecule has 2 amide bonds. The summed E-state index contributed by atoms with van der Waals surface area (Å²) < 4.78 is 109. The number of nitrogens with one attached hydrogen (secondary N) is 1. The van der Waals surface area contributed by atoms with Crippen molar-refractivity contribution in [2.75, 3.05) is 16.8 Å². The van der Waals surface area contributed by atoms with Crippen LogP contribution in [0.1, 0.15) is 44.7 Å². The first kappa shape index (κ1) is 31.0. The standard InChI is InChI=1S/C28H18BrF8N3O2/c29-20-12-18(26(31,27(32,33)34)28(35,36)37)11-17(13-38)23(20)39-24(41)19-7-4-8-21(22(19)30)40(14-15-9-10-15)25(42)16-5-2-1-3-6-16/h1-8,11-12,15H,9-10,14H2,(H,39,41). The van der Waals surface area contributed by atoms with Gasteiger partial charge in [-0.2, -0.15) is 31.6 Å². The molecule has 0 aliphatic heterocycles. The molecule has 0 heterocycles. The lowest BCUT2D eigenvalue weighted by atomic mass is 9.92. The number of alkyl halides is 7. The van der Waals surface area contributed by atoms with Crippen LogP contribution in [-0.2, 0) is 5.67 Å². The summed E-state index contributed by atoms with van der Waals surface area (Å²) in [7, 11) is 0. The average Bonchev–Trinajstić information content (AvgIpc) is 3.75. The van der Waals surface area contributed by atoms with Crippen molar-refractivity contribution in [2.24, 2.45) is 5.92 Å². The first-order valence-electron chi connectivity index (χ1n) is 12.1. The Bertz CT molecular complexity index is 1550. The van der Waals surface area contributed by atoms with Crippen molar-refractivity contribution in [2.45, 2.75) is 30.9 Å². The molecule has 3 aromatic rings. The zero-order valence-corrected chi connectivity index (χ0v) is 22.7. The minimum atomic E-state index is -6.44. The summed E-state index contributed by atoms with van der Waals surface area (Å²) in [6.07, 6.45) is -11.3. The van der Waals surface area contributed by atoms with E-state index in [1.165, 1.54) is 35.2 Å². The highest BCUT2D eigenvalue weighted by molar-refractivity contribution is 9.10. The number of benzene rings is 3. The van der Waals surface area contributed by atoms with Gasteiger partial charge >= 0.3 is 18.0 Å². The van der Waals surface area contributed by atoms with Gasteiger partial charge in [0, 0.05) is 22.1 Å². The Morgan fingerprint density at radius 1 is 0.952 bits per heavy atom. The molecule has 1 aliphatic rings. The SMILES string of the molecule is N#Cc1cc(C(F)(C(F)(F)F)C(F)(F)F)cc(Br)c1NC(=O)c1cccc(N(CC2CC2)C(=O)c2ccccc2)c1F. The first-order chi connectivity index (χ1) is 19.6. The van der Waals surface area contributed by atoms with E-state index in [1.807, 2.05) is 0 Å². The highest BCUT2D eigenvalue weighted by Crippen LogP contribution is 2.54. The number of halogens is 9. The molecule has 0 bridgehead atoms. The Hall–Kier alpha value is -3.99. The van der Waals surface area contributed by atoms with Gasteiger partial charge < -0.3 is 10.2 Å². The number of rotatable bonds is 7. The van der Waals surface area contributed by atoms with Crippen molar-refractivity contribution in [1.82, 2.24) is 0 Å². The summed E-state index contributed by atoms with van der Waals surface area (Å²) in [4.78, 5) is 27.5. The Morgan fingerprint density at radius 3 is 2.12 bits per heavy atom.